The summed E-state index contributed by atoms with van der Waals surface area (Å²) in [5, 5.41) is 2.04. The molecule has 4 aromatic carbocycles. The molecule has 2 aliphatic rings. The van der Waals surface area contributed by atoms with Gasteiger partial charge in [0.15, 0.2) is 0 Å². The Kier molecular flexibility index (Phi) is 8.11. The molecule has 0 spiro atoms. The molecule has 0 radical (unpaired) electrons. The SMILES string of the molecule is CC(C)(C)OC(=O)N1CCC(c2ccc(OC[C@@H]3Cc4ccccc4CN3C(=O)c3cccc4ccccc34)cc2)CC1. The van der Waals surface area contributed by atoms with Gasteiger partial charge in [-0.3, -0.25) is 4.79 Å². The van der Waals surface area contributed by atoms with Crippen molar-refractivity contribution in [3.05, 3.63) is 113 Å². The van der Waals surface area contributed by atoms with E-state index >= 15 is 0 Å². The third kappa shape index (κ3) is 6.53. The zero-order chi connectivity index (χ0) is 30.0. The van der Waals surface area contributed by atoms with Gasteiger partial charge in [0.05, 0.1) is 6.04 Å². The Balaban J connectivity index is 1.12. The van der Waals surface area contributed by atoms with Crippen LogP contribution in [-0.4, -0.2) is 53.1 Å². The number of hydrogen-bond acceptors (Lipinski definition) is 4. The Labute approximate surface area is 254 Å². The molecule has 0 bridgehead atoms. The van der Waals surface area contributed by atoms with Crippen LogP contribution < -0.4 is 4.74 Å². The maximum absolute atomic E-state index is 14.0. The summed E-state index contributed by atoms with van der Waals surface area (Å²) in [7, 11) is 0. The van der Waals surface area contributed by atoms with Crippen LogP contribution >= 0.6 is 0 Å². The largest absolute Gasteiger partial charge is 0.491 e. The van der Waals surface area contributed by atoms with E-state index in [1.165, 1.54) is 16.7 Å². The minimum atomic E-state index is -0.481. The maximum Gasteiger partial charge on any atom is 0.410 e. The van der Waals surface area contributed by atoms with Crippen molar-refractivity contribution in [3.63, 3.8) is 0 Å². The van der Waals surface area contributed by atoms with E-state index in [0.717, 1.165) is 41.3 Å². The Morgan fingerprint density at radius 3 is 2.23 bits per heavy atom. The van der Waals surface area contributed by atoms with Gasteiger partial charge >= 0.3 is 6.09 Å². The zero-order valence-electron chi connectivity index (χ0n) is 25.3. The second kappa shape index (κ2) is 12.1. The van der Waals surface area contributed by atoms with Crippen molar-refractivity contribution in [2.24, 2.45) is 0 Å². The number of ether oxygens (including phenoxy) is 2. The Morgan fingerprint density at radius 2 is 1.49 bits per heavy atom. The summed E-state index contributed by atoms with van der Waals surface area (Å²) in [6, 6.07) is 30.6. The lowest BCUT2D eigenvalue weighted by Gasteiger charge is -2.37. The highest BCUT2D eigenvalue weighted by Gasteiger charge is 2.32. The van der Waals surface area contributed by atoms with E-state index in [1.54, 1.807) is 0 Å². The summed E-state index contributed by atoms with van der Waals surface area (Å²) in [5.41, 5.74) is 3.96. The number of carbonyl (C=O) groups excluding carboxylic acids is 2. The molecule has 2 heterocycles. The first-order chi connectivity index (χ1) is 20.7. The van der Waals surface area contributed by atoms with Crippen molar-refractivity contribution in [3.8, 4) is 5.75 Å². The number of rotatable bonds is 5. The van der Waals surface area contributed by atoms with Crippen LogP contribution in [0.15, 0.2) is 91.0 Å². The molecule has 43 heavy (non-hydrogen) atoms. The molecule has 4 aromatic rings. The van der Waals surface area contributed by atoms with Crippen LogP contribution in [0.1, 0.15) is 66.6 Å². The first-order valence-corrected chi connectivity index (χ1v) is 15.3. The molecule has 0 aromatic heterocycles. The number of amides is 2. The molecule has 222 valence electrons. The number of hydrogen-bond donors (Lipinski definition) is 0. The van der Waals surface area contributed by atoms with Gasteiger partial charge in [0.1, 0.15) is 18.0 Å². The minimum absolute atomic E-state index is 0.0352. The van der Waals surface area contributed by atoms with Crippen molar-refractivity contribution in [1.82, 2.24) is 9.80 Å². The summed E-state index contributed by atoms with van der Waals surface area (Å²) < 4.78 is 11.9. The zero-order valence-corrected chi connectivity index (χ0v) is 25.3. The van der Waals surface area contributed by atoms with E-state index in [-0.39, 0.29) is 18.0 Å². The van der Waals surface area contributed by atoms with Crippen molar-refractivity contribution >= 4 is 22.8 Å². The predicted octanol–water partition coefficient (Wildman–Crippen LogP) is 7.60. The van der Waals surface area contributed by atoms with Crippen molar-refractivity contribution in [1.29, 1.82) is 0 Å². The highest BCUT2D eigenvalue weighted by molar-refractivity contribution is 6.07. The first kappa shape index (κ1) is 28.8. The normalized spacial score (nSPS) is 17.4. The standard InChI is InChI=1S/C37H40N2O4/c1-37(2,3)43-36(41)38-21-19-27(20-22-38)26-15-17-32(18-16-26)42-25-31-23-29-10-4-5-11-30(29)24-39(31)35(40)34-14-8-12-28-9-6-7-13-33(28)34/h4-18,27,31H,19-25H2,1-3H3/t31-/m0/s1. The molecule has 6 rings (SSSR count). The third-order valence-electron chi connectivity index (χ3n) is 8.58. The van der Waals surface area contributed by atoms with Crippen LogP contribution in [0.25, 0.3) is 10.8 Å². The van der Waals surface area contributed by atoms with Crippen molar-refractivity contribution in [2.45, 2.75) is 64.1 Å². The van der Waals surface area contributed by atoms with Crippen LogP contribution in [-0.2, 0) is 17.7 Å². The molecule has 1 saturated heterocycles. The lowest BCUT2D eigenvalue weighted by molar-refractivity contribution is 0.0204. The molecule has 1 fully saturated rings. The van der Waals surface area contributed by atoms with Crippen LogP contribution in [0.2, 0.25) is 0 Å². The van der Waals surface area contributed by atoms with Gasteiger partial charge in [-0.05, 0) is 91.6 Å². The molecule has 6 heteroatoms. The predicted molar refractivity (Wildman–Crippen MR) is 169 cm³/mol. The monoisotopic (exact) mass is 576 g/mol. The Morgan fingerprint density at radius 1 is 0.814 bits per heavy atom. The van der Waals surface area contributed by atoms with Gasteiger partial charge in [-0.25, -0.2) is 4.79 Å². The lowest BCUT2D eigenvalue weighted by Crippen LogP contribution is -2.47. The van der Waals surface area contributed by atoms with Gasteiger partial charge in [0, 0.05) is 25.2 Å². The maximum atomic E-state index is 14.0. The summed E-state index contributed by atoms with van der Waals surface area (Å²) in [4.78, 5) is 30.3. The van der Waals surface area contributed by atoms with E-state index in [9.17, 15) is 9.59 Å². The molecule has 1 atom stereocenters. The average molecular weight is 577 g/mol. The second-order valence-electron chi connectivity index (χ2n) is 12.7. The highest BCUT2D eigenvalue weighted by Crippen LogP contribution is 2.31. The first-order valence-electron chi connectivity index (χ1n) is 15.3. The fraction of sp³-hybridized carbons (Fsp3) is 0.351. The van der Waals surface area contributed by atoms with E-state index in [1.807, 2.05) is 91.2 Å². The quantitative estimate of drug-likeness (QED) is 0.246. The number of benzene rings is 4. The van der Waals surface area contributed by atoms with E-state index in [2.05, 4.69) is 30.3 Å². The third-order valence-corrected chi connectivity index (χ3v) is 8.58. The summed E-state index contributed by atoms with van der Waals surface area (Å²) in [6.07, 6.45) is 2.34. The topological polar surface area (TPSA) is 59.1 Å². The molecular formula is C37H40N2O4. The molecule has 0 N–H and O–H groups in total. The van der Waals surface area contributed by atoms with Gasteiger partial charge in [0.2, 0.25) is 0 Å². The fourth-order valence-corrected chi connectivity index (χ4v) is 6.29. The summed E-state index contributed by atoms with van der Waals surface area (Å²) >= 11 is 0. The van der Waals surface area contributed by atoms with Gasteiger partial charge < -0.3 is 19.3 Å². The number of nitrogens with zero attached hydrogens (tertiary/aromatic N) is 2. The molecule has 2 aliphatic heterocycles. The van der Waals surface area contributed by atoms with E-state index in [4.69, 9.17) is 9.47 Å². The van der Waals surface area contributed by atoms with E-state index < -0.39 is 5.60 Å². The highest BCUT2D eigenvalue weighted by atomic mass is 16.6. The molecule has 0 aliphatic carbocycles. The Hall–Kier alpha value is -4.32. The number of carbonyl (C=O) groups is 2. The van der Waals surface area contributed by atoms with Gasteiger partial charge in [-0.15, -0.1) is 0 Å². The Bertz CT molecular complexity index is 1590. The van der Waals surface area contributed by atoms with Crippen LogP contribution in [0.4, 0.5) is 4.79 Å². The smallest absolute Gasteiger partial charge is 0.410 e. The van der Waals surface area contributed by atoms with Gasteiger partial charge in [-0.2, -0.15) is 0 Å². The van der Waals surface area contributed by atoms with Crippen molar-refractivity contribution < 1.29 is 19.1 Å². The second-order valence-corrected chi connectivity index (χ2v) is 12.7. The fourth-order valence-electron chi connectivity index (χ4n) is 6.29. The van der Waals surface area contributed by atoms with E-state index in [0.29, 0.717) is 32.2 Å². The van der Waals surface area contributed by atoms with Crippen LogP contribution in [0.3, 0.4) is 0 Å². The molecular weight excluding hydrogens is 536 g/mol. The number of likely N-dealkylation sites (tertiary alicyclic amines) is 1. The van der Waals surface area contributed by atoms with Gasteiger partial charge in [0.25, 0.3) is 5.91 Å². The number of fused-ring (bicyclic) bond motifs is 2. The van der Waals surface area contributed by atoms with Crippen LogP contribution in [0, 0.1) is 0 Å². The molecule has 0 saturated carbocycles. The molecule has 6 nitrogen and oxygen atoms in total. The lowest BCUT2D eigenvalue weighted by atomic mass is 9.89. The number of piperidine rings is 1. The van der Waals surface area contributed by atoms with Crippen molar-refractivity contribution in [2.75, 3.05) is 19.7 Å². The van der Waals surface area contributed by atoms with Crippen LogP contribution in [0.5, 0.6) is 5.75 Å². The molecule has 0 unspecified atom stereocenters. The minimum Gasteiger partial charge on any atom is -0.491 e. The van der Waals surface area contributed by atoms with Gasteiger partial charge in [-0.1, -0.05) is 72.8 Å². The summed E-state index contributed by atoms with van der Waals surface area (Å²) in [6.45, 7) is 8.06. The summed E-state index contributed by atoms with van der Waals surface area (Å²) in [5.74, 6) is 1.23. The average Bonchev–Trinajstić information content (AvgIpc) is 3.02. The molecule has 2 amide bonds.